The van der Waals surface area contributed by atoms with Gasteiger partial charge in [-0.1, -0.05) is 24.3 Å². The fourth-order valence-corrected chi connectivity index (χ4v) is 1.53. The van der Waals surface area contributed by atoms with Gasteiger partial charge in [-0.3, -0.25) is 0 Å². The molecule has 0 saturated heterocycles. The van der Waals surface area contributed by atoms with Crippen molar-refractivity contribution in [3.8, 4) is 5.75 Å². The number of pyridine rings is 1. The van der Waals surface area contributed by atoms with Crippen molar-refractivity contribution in [2.75, 3.05) is 7.11 Å². The Hall–Kier alpha value is -2.09. The zero-order valence-corrected chi connectivity index (χ0v) is 10.1. The zero-order valence-electron chi connectivity index (χ0n) is 10.1. The highest BCUT2D eigenvalue weighted by molar-refractivity contribution is 5.69. The van der Waals surface area contributed by atoms with Gasteiger partial charge in [-0.05, 0) is 23.3 Å². The molecule has 17 heavy (non-hydrogen) atoms. The van der Waals surface area contributed by atoms with Gasteiger partial charge in [0.1, 0.15) is 12.8 Å². The van der Waals surface area contributed by atoms with Crippen LogP contribution in [0.2, 0.25) is 0 Å². The van der Waals surface area contributed by atoms with Crippen molar-refractivity contribution in [1.82, 2.24) is 0 Å². The van der Waals surface area contributed by atoms with Gasteiger partial charge < -0.3 is 4.74 Å². The SMILES string of the molecule is COc1ccc(/C=C/c2cc[n+](C)cc2)cc1. The molecule has 0 radical (unpaired) electrons. The third-order valence-electron chi connectivity index (χ3n) is 2.59. The van der Waals surface area contributed by atoms with E-state index in [0.29, 0.717) is 0 Å². The maximum atomic E-state index is 5.12. The summed E-state index contributed by atoms with van der Waals surface area (Å²) in [5.74, 6) is 0.883. The Balaban J connectivity index is 2.11. The summed E-state index contributed by atoms with van der Waals surface area (Å²) in [6, 6.07) is 12.2. The molecule has 0 amide bonds. The van der Waals surface area contributed by atoms with Crippen LogP contribution in [0.5, 0.6) is 5.75 Å². The predicted molar refractivity (Wildman–Crippen MR) is 69.5 cm³/mol. The van der Waals surface area contributed by atoms with Crippen molar-refractivity contribution in [2.24, 2.45) is 7.05 Å². The van der Waals surface area contributed by atoms with Gasteiger partial charge in [0.25, 0.3) is 0 Å². The van der Waals surface area contributed by atoms with E-state index in [1.54, 1.807) is 7.11 Å². The molecule has 0 saturated carbocycles. The van der Waals surface area contributed by atoms with Crippen molar-refractivity contribution < 1.29 is 9.30 Å². The fourth-order valence-electron chi connectivity index (χ4n) is 1.53. The molecule has 2 nitrogen and oxygen atoms in total. The Labute approximate surface area is 102 Å². The third kappa shape index (κ3) is 3.18. The molecule has 2 heteroatoms. The topological polar surface area (TPSA) is 13.1 Å². The van der Waals surface area contributed by atoms with Crippen molar-refractivity contribution in [3.63, 3.8) is 0 Å². The van der Waals surface area contributed by atoms with Crippen molar-refractivity contribution in [2.45, 2.75) is 0 Å². The Morgan fingerprint density at radius 3 is 1.94 bits per heavy atom. The molecule has 0 N–H and O–H groups in total. The summed E-state index contributed by atoms with van der Waals surface area (Å²) >= 11 is 0. The molecule has 1 aromatic carbocycles. The van der Waals surface area contributed by atoms with E-state index in [1.807, 2.05) is 48.3 Å². The minimum absolute atomic E-state index is 0.883. The van der Waals surface area contributed by atoms with Gasteiger partial charge in [0.05, 0.1) is 7.11 Å². The Morgan fingerprint density at radius 1 is 0.882 bits per heavy atom. The average Bonchev–Trinajstić information content (AvgIpc) is 2.39. The molecule has 0 spiro atoms. The highest BCUT2D eigenvalue weighted by Gasteiger charge is 1.92. The van der Waals surface area contributed by atoms with Gasteiger partial charge in [0.2, 0.25) is 0 Å². The van der Waals surface area contributed by atoms with Crippen LogP contribution in [-0.2, 0) is 7.05 Å². The van der Waals surface area contributed by atoms with Gasteiger partial charge in [-0.15, -0.1) is 0 Å². The van der Waals surface area contributed by atoms with Crippen molar-refractivity contribution in [1.29, 1.82) is 0 Å². The molecule has 2 aromatic rings. The lowest BCUT2D eigenvalue weighted by Gasteiger charge is -1.99. The molecule has 0 unspecified atom stereocenters. The van der Waals surface area contributed by atoms with E-state index in [9.17, 15) is 0 Å². The molecule has 1 aromatic heterocycles. The number of nitrogens with zero attached hydrogens (tertiary/aromatic N) is 1. The normalized spacial score (nSPS) is 10.7. The van der Waals surface area contributed by atoms with E-state index in [0.717, 1.165) is 5.75 Å². The smallest absolute Gasteiger partial charge is 0.169 e. The first-order chi connectivity index (χ1) is 8.28. The molecule has 2 rings (SSSR count). The Kier molecular flexibility index (Phi) is 3.55. The summed E-state index contributed by atoms with van der Waals surface area (Å²) in [7, 11) is 3.69. The fraction of sp³-hybridized carbons (Fsp3) is 0.133. The first-order valence-corrected chi connectivity index (χ1v) is 5.55. The lowest BCUT2D eigenvalue weighted by Crippen LogP contribution is -2.25. The minimum Gasteiger partial charge on any atom is -0.497 e. The number of ether oxygens (including phenoxy) is 1. The lowest BCUT2D eigenvalue weighted by atomic mass is 10.1. The van der Waals surface area contributed by atoms with Crippen molar-refractivity contribution in [3.05, 3.63) is 59.9 Å². The second-order valence-corrected chi connectivity index (χ2v) is 3.90. The van der Waals surface area contributed by atoms with Gasteiger partial charge >= 0.3 is 0 Å². The summed E-state index contributed by atoms with van der Waals surface area (Å²) in [5, 5.41) is 0. The summed E-state index contributed by atoms with van der Waals surface area (Å²) in [5.41, 5.74) is 2.36. The molecule has 0 fully saturated rings. The van der Waals surface area contributed by atoms with Gasteiger partial charge in [-0.2, -0.15) is 0 Å². The number of aromatic nitrogens is 1. The molecular weight excluding hydrogens is 210 g/mol. The van der Waals surface area contributed by atoms with Crippen LogP contribution in [0.15, 0.2) is 48.8 Å². The number of benzene rings is 1. The molecule has 0 aliphatic heterocycles. The highest BCUT2D eigenvalue weighted by Crippen LogP contribution is 2.13. The first-order valence-electron chi connectivity index (χ1n) is 5.55. The van der Waals surface area contributed by atoms with Crippen molar-refractivity contribution >= 4 is 12.2 Å². The lowest BCUT2D eigenvalue weighted by molar-refractivity contribution is -0.671. The van der Waals surface area contributed by atoms with Gasteiger partial charge in [-0.25, -0.2) is 4.57 Å². The van der Waals surface area contributed by atoms with E-state index in [1.165, 1.54) is 11.1 Å². The minimum atomic E-state index is 0.883. The summed E-state index contributed by atoms with van der Waals surface area (Å²) < 4.78 is 7.14. The molecule has 86 valence electrons. The monoisotopic (exact) mass is 226 g/mol. The molecular formula is C15H16NO+. The van der Waals surface area contributed by atoms with Crippen LogP contribution in [0.4, 0.5) is 0 Å². The third-order valence-corrected chi connectivity index (χ3v) is 2.59. The van der Waals surface area contributed by atoms with Gasteiger partial charge in [0.15, 0.2) is 12.4 Å². The second kappa shape index (κ2) is 5.30. The quantitative estimate of drug-likeness (QED) is 0.733. The number of hydrogen-bond donors (Lipinski definition) is 0. The number of rotatable bonds is 3. The Bertz CT molecular complexity index is 497. The van der Waals surface area contributed by atoms with E-state index in [4.69, 9.17) is 4.74 Å². The maximum Gasteiger partial charge on any atom is 0.169 e. The van der Waals surface area contributed by atoms with Gasteiger partial charge in [0, 0.05) is 12.1 Å². The van der Waals surface area contributed by atoms with Crippen LogP contribution >= 0.6 is 0 Å². The number of aryl methyl sites for hydroxylation is 1. The van der Waals surface area contributed by atoms with Crippen LogP contribution in [0, 0.1) is 0 Å². The van der Waals surface area contributed by atoms with Crippen LogP contribution < -0.4 is 9.30 Å². The number of hydrogen-bond acceptors (Lipinski definition) is 1. The molecule has 0 aliphatic carbocycles. The van der Waals surface area contributed by atoms with Crippen LogP contribution in [-0.4, -0.2) is 7.11 Å². The summed E-state index contributed by atoms with van der Waals surface area (Å²) in [6.07, 6.45) is 8.26. The first kappa shape index (κ1) is 11.4. The zero-order chi connectivity index (χ0) is 12.1. The highest BCUT2D eigenvalue weighted by atomic mass is 16.5. The van der Waals surface area contributed by atoms with E-state index < -0.39 is 0 Å². The van der Waals surface area contributed by atoms with E-state index in [2.05, 4.69) is 24.3 Å². The molecule has 0 bridgehead atoms. The largest absolute Gasteiger partial charge is 0.497 e. The van der Waals surface area contributed by atoms with Crippen LogP contribution in [0.3, 0.4) is 0 Å². The standard InChI is InChI=1S/C15H16NO/c1-16-11-9-14(10-12-16)4-3-13-5-7-15(17-2)8-6-13/h3-12H,1-2H3/q+1/b4-3+. The molecule has 0 aliphatic rings. The number of methoxy groups -OCH3 is 1. The van der Waals surface area contributed by atoms with E-state index in [-0.39, 0.29) is 0 Å². The Morgan fingerprint density at radius 2 is 1.41 bits per heavy atom. The summed E-state index contributed by atoms with van der Waals surface area (Å²) in [6.45, 7) is 0. The molecule has 0 atom stereocenters. The maximum absolute atomic E-state index is 5.12. The summed E-state index contributed by atoms with van der Waals surface area (Å²) in [4.78, 5) is 0. The second-order valence-electron chi connectivity index (χ2n) is 3.90. The van der Waals surface area contributed by atoms with E-state index >= 15 is 0 Å². The van der Waals surface area contributed by atoms with Crippen LogP contribution in [0.25, 0.3) is 12.2 Å². The predicted octanol–water partition coefficient (Wildman–Crippen LogP) is 2.69. The molecule has 1 heterocycles. The van der Waals surface area contributed by atoms with Crippen LogP contribution in [0.1, 0.15) is 11.1 Å². The average molecular weight is 226 g/mol.